The van der Waals surface area contributed by atoms with E-state index in [1.54, 1.807) is 18.2 Å². The molecule has 0 radical (unpaired) electrons. The number of carbonyl (C=O) groups excluding carboxylic acids is 1. The van der Waals surface area contributed by atoms with Crippen LogP contribution in [-0.4, -0.2) is 48.5 Å². The number of non-ortho nitro benzene ring substituents is 1. The predicted octanol–water partition coefficient (Wildman–Crippen LogP) is 2.49. The molecule has 26 heavy (non-hydrogen) atoms. The Labute approximate surface area is 150 Å². The number of hydrogen-bond acceptors (Lipinski definition) is 5. The minimum atomic E-state index is -0.496. The van der Waals surface area contributed by atoms with Gasteiger partial charge in [0.2, 0.25) is 5.91 Å². The molecule has 0 spiro atoms. The molecule has 2 aromatic carbocycles. The number of hydrogen-bond donors (Lipinski definition) is 1. The third kappa shape index (κ3) is 4.54. The molecule has 0 bridgehead atoms. The van der Waals surface area contributed by atoms with E-state index >= 15 is 0 Å². The van der Waals surface area contributed by atoms with Crippen LogP contribution < -0.4 is 10.2 Å². The first kappa shape index (κ1) is 17.8. The largest absolute Gasteiger partial charge is 0.369 e. The van der Waals surface area contributed by atoms with Crippen molar-refractivity contribution in [2.24, 2.45) is 0 Å². The summed E-state index contributed by atoms with van der Waals surface area (Å²) in [5.74, 6) is -0.467. The molecule has 7 nitrogen and oxygen atoms in total. The SMILES string of the molecule is O=C(CN1CCN(c2ccc(F)cc2)CC1)Nc1cccc([N+](=O)[O-])c1. The van der Waals surface area contributed by atoms with E-state index in [1.165, 1.54) is 30.3 Å². The van der Waals surface area contributed by atoms with Crippen LogP contribution in [0.2, 0.25) is 0 Å². The summed E-state index contributed by atoms with van der Waals surface area (Å²) in [7, 11) is 0. The average molecular weight is 358 g/mol. The quantitative estimate of drug-likeness (QED) is 0.656. The number of nitrogens with one attached hydrogen (secondary N) is 1. The van der Waals surface area contributed by atoms with Gasteiger partial charge >= 0.3 is 0 Å². The van der Waals surface area contributed by atoms with Crippen LogP contribution in [0.5, 0.6) is 0 Å². The van der Waals surface area contributed by atoms with E-state index in [0.717, 1.165) is 18.8 Å². The summed E-state index contributed by atoms with van der Waals surface area (Å²) >= 11 is 0. The number of nitrogens with zero attached hydrogens (tertiary/aromatic N) is 3. The molecule has 1 amide bonds. The molecule has 2 aromatic rings. The van der Waals surface area contributed by atoms with Gasteiger partial charge in [-0.05, 0) is 30.3 Å². The lowest BCUT2D eigenvalue weighted by molar-refractivity contribution is -0.384. The van der Waals surface area contributed by atoms with Crippen LogP contribution in [0.1, 0.15) is 0 Å². The molecule has 8 heteroatoms. The molecule has 136 valence electrons. The Balaban J connectivity index is 1.49. The van der Waals surface area contributed by atoms with Gasteiger partial charge in [0.15, 0.2) is 0 Å². The van der Waals surface area contributed by atoms with Crippen molar-refractivity contribution >= 4 is 23.0 Å². The summed E-state index contributed by atoms with van der Waals surface area (Å²) in [6.07, 6.45) is 0. The first-order valence-corrected chi connectivity index (χ1v) is 8.28. The van der Waals surface area contributed by atoms with Crippen LogP contribution in [0.4, 0.5) is 21.5 Å². The summed E-state index contributed by atoms with van der Waals surface area (Å²) in [6, 6.07) is 12.3. The molecule has 0 saturated carbocycles. The van der Waals surface area contributed by atoms with Crippen LogP contribution in [0.15, 0.2) is 48.5 Å². The maximum atomic E-state index is 13.0. The summed E-state index contributed by atoms with van der Waals surface area (Å²) in [5.41, 5.74) is 1.32. The first-order chi connectivity index (χ1) is 12.5. The number of piperazine rings is 1. The first-order valence-electron chi connectivity index (χ1n) is 8.28. The van der Waals surface area contributed by atoms with Gasteiger partial charge in [-0.2, -0.15) is 0 Å². The summed E-state index contributed by atoms with van der Waals surface area (Å²) in [4.78, 5) is 26.6. The Hall–Kier alpha value is -3.00. The van der Waals surface area contributed by atoms with Gasteiger partial charge in [-0.3, -0.25) is 19.8 Å². The van der Waals surface area contributed by atoms with E-state index in [-0.39, 0.29) is 24.0 Å². The Morgan fingerprint density at radius 1 is 1.12 bits per heavy atom. The van der Waals surface area contributed by atoms with Crippen molar-refractivity contribution in [3.63, 3.8) is 0 Å². The smallest absolute Gasteiger partial charge is 0.271 e. The fourth-order valence-electron chi connectivity index (χ4n) is 2.92. The topological polar surface area (TPSA) is 78.7 Å². The summed E-state index contributed by atoms with van der Waals surface area (Å²) < 4.78 is 13.0. The Kier molecular flexibility index (Phi) is 5.43. The number of carbonyl (C=O) groups is 1. The van der Waals surface area contributed by atoms with E-state index in [0.29, 0.717) is 18.8 Å². The van der Waals surface area contributed by atoms with Gasteiger partial charge in [0.05, 0.1) is 11.5 Å². The molecule has 0 atom stereocenters. The van der Waals surface area contributed by atoms with Crippen LogP contribution in [0.3, 0.4) is 0 Å². The Morgan fingerprint density at radius 3 is 2.46 bits per heavy atom. The number of amides is 1. The fraction of sp³-hybridized carbons (Fsp3) is 0.278. The maximum absolute atomic E-state index is 13.0. The molecule has 3 rings (SSSR count). The van der Waals surface area contributed by atoms with Crippen molar-refractivity contribution < 1.29 is 14.1 Å². The van der Waals surface area contributed by atoms with Crippen LogP contribution in [0.25, 0.3) is 0 Å². The minimum absolute atomic E-state index is 0.0595. The highest BCUT2D eigenvalue weighted by Crippen LogP contribution is 2.18. The zero-order chi connectivity index (χ0) is 18.5. The lowest BCUT2D eigenvalue weighted by atomic mass is 10.2. The van der Waals surface area contributed by atoms with Gasteiger partial charge in [-0.1, -0.05) is 6.07 Å². The molecule has 1 heterocycles. The van der Waals surface area contributed by atoms with Gasteiger partial charge in [-0.25, -0.2) is 4.39 Å². The number of nitro benzene ring substituents is 1. The second kappa shape index (κ2) is 7.92. The van der Waals surface area contributed by atoms with E-state index in [1.807, 2.05) is 4.90 Å². The molecule has 0 aliphatic carbocycles. The molecular weight excluding hydrogens is 339 g/mol. The molecule has 1 N–H and O–H groups in total. The van der Waals surface area contributed by atoms with E-state index in [4.69, 9.17) is 0 Å². The number of nitro groups is 1. The van der Waals surface area contributed by atoms with Crippen molar-refractivity contribution in [1.82, 2.24) is 4.90 Å². The number of rotatable bonds is 5. The molecule has 0 unspecified atom stereocenters. The van der Waals surface area contributed by atoms with Gasteiger partial charge in [0.25, 0.3) is 5.69 Å². The Morgan fingerprint density at radius 2 is 1.81 bits per heavy atom. The second-order valence-electron chi connectivity index (χ2n) is 6.10. The second-order valence-corrected chi connectivity index (χ2v) is 6.10. The van der Waals surface area contributed by atoms with Crippen molar-refractivity contribution in [2.45, 2.75) is 0 Å². The van der Waals surface area contributed by atoms with Crippen molar-refractivity contribution in [3.8, 4) is 0 Å². The van der Waals surface area contributed by atoms with Gasteiger partial charge in [-0.15, -0.1) is 0 Å². The summed E-state index contributed by atoms with van der Waals surface area (Å²) in [6.45, 7) is 3.13. The molecular formula is C18H19FN4O3. The summed E-state index contributed by atoms with van der Waals surface area (Å²) in [5, 5.41) is 13.5. The third-order valence-electron chi connectivity index (χ3n) is 4.27. The number of anilines is 2. The number of benzene rings is 2. The molecule has 1 saturated heterocycles. The molecule has 1 fully saturated rings. The zero-order valence-corrected chi connectivity index (χ0v) is 14.1. The van der Waals surface area contributed by atoms with Gasteiger partial charge in [0.1, 0.15) is 5.82 Å². The highest BCUT2D eigenvalue weighted by Gasteiger charge is 2.19. The lowest BCUT2D eigenvalue weighted by Crippen LogP contribution is -2.48. The van der Waals surface area contributed by atoms with Crippen LogP contribution >= 0.6 is 0 Å². The third-order valence-corrected chi connectivity index (χ3v) is 4.27. The van der Waals surface area contributed by atoms with E-state index in [9.17, 15) is 19.3 Å². The Bertz CT molecular complexity index is 789. The normalized spacial score (nSPS) is 14.9. The van der Waals surface area contributed by atoms with Crippen LogP contribution in [-0.2, 0) is 4.79 Å². The van der Waals surface area contributed by atoms with Crippen molar-refractivity contribution in [2.75, 3.05) is 42.9 Å². The van der Waals surface area contributed by atoms with Gasteiger partial charge in [0, 0.05) is 49.7 Å². The lowest BCUT2D eigenvalue weighted by Gasteiger charge is -2.35. The highest BCUT2D eigenvalue weighted by atomic mass is 19.1. The molecule has 1 aliphatic heterocycles. The molecule has 0 aromatic heterocycles. The molecule has 1 aliphatic rings. The van der Waals surface area contributed by atoms with Crippen molar-refractivity contribution in [3.05, 3.63) is 64.5 Å². The predicted molar refractivity (Wildman–Crippen MR) is 96.8 cm³/mol. The zero-order valence-electron chi connectivity index (χ0n) is 14.1. The minimum Gasteiger partial charge on any atom is -0.369 e. The van der Waals surface area contributed by atoms with Crippen molar-refractivity contribution in [1.29, 1.82) is 0 Å². The average Bonchev–Trinajstić information content (AvgIpc) is 2.63. The fourth-order valence-corrected chi connectivity index (χ4v) is 2.92. The van der Waals surface area contributed by atoms with E-state index in [2.05, 4.69) is 10.2 Å². The monoisotopic (exact) mass is 358 g/mol. The standard InChI is InChI=1S/C18H19FN4O3/c19-14-4-6-16(7-5-14)22-10-8-21(9-11-22)13-18(24)20-15-2-1-3-17(12-15)23(25)26/h1-7,12H,8-11,13H2,(H,20,24). The highest BCUT2D eigenvalue weighted by molar-refractivity contribution is 5.92. The van der Waals surface area contributed by atoms with Gasteiger partial charge < -0.3 is 10.2 Å². The van der Waals surface area contributed by atoms with Crippen LogP contribution in [0, 0.1) is 15.9 Å². The number of halogens is 1. The maximum Gasteiger partial charge on any atom is 0.271 e. The van der Waals surface area contributed by atoms with E-state index < -0.39 is 4.92 Å².